The Labute approximate surface area is 157 Å². The fourth-order valence-electron chi connectivity index (χ4n) is 2.44. The molecule has 3 rings (SSSR count). The van der Waals surface area contributed by atoms with E-state index in [4.69, 9.17) is 9.47 Å². The van der Waals surface area contributed by atoms with Crippen LogP contribution in [0.5, 0.6) is 11.5 Å². The summed E-state index contributed by atoms with van der Waals surface area (Å²) in [6, 6.07) is 16.3. The number of hydrogen-bond acceptors (Lipinski definition) is 6. The van der Waals surface area contributed by atoms with E-state index in [-0.39, 0.29) is 5.91 Å². The Morgan fingerprint density at radius 3 is 2.11 bits per heavy atom. The number of methoxy groups -OCH3 is 2. The van der Waals surface area contributed by atoms with Gasteiger partial charge in [-0.25, -0.2) is 0 Å². The van der Waals surface area contributed by atoms with Crippen molar-refractivity contribution in [3.8, 4) is 11.5 Å². The zero-order valence-corrected chi connectivity index (χ0v) is 15.3. The molecule has 0 aliphatic carbocycles. The van der Waals surface area contributed by atoms with Crippen molar-refractivity contribution in [1.82, 2.24) is 10.2 Å². The monoisotopic (exact) mass is 364 g/mol. The Morgan fingerprint density at radius 2 is 1.52 bits per heavy atom. The summed E-state index contributed by atoms with van der Waals surface area (Å²) in [5, 5.41) is 14.1. The Kier molecular flexibility index (Phi) is 5.51. The van der Waals surface area contributed by atoms with Gasteiger partial charge in [0.05, 0.1) is 14.2 Å². The summed E-state index contributed by atoms with van der Waals surface area (Å²) in [5.41, 5.74) is 2.45. The summed E-state index contributed by atoms with van der Waals surface area (Å²) < 4.78 is 10.4. The Bertz CT molecular complexity index is 920. The van der Waals surface area contributed by atoms with Crippen molar-refractivity contribution in [2.24, 2.45) is 0 Å². The number of anilines is 3. The second kappa shape index (κ2) is 8.18. The second-order valence-electron chi connectivity index (χ2n) is 5.80. The molecule has 1 aromatic heterocycles. The molecule has 27 heavy (non-hydrogen) atoms. The molecule has 0 saturated heterocycles. The summed E-state index contributed by atoms with van der Waals surface area (Å²) >= 11 is 0. The van der Waals surface area contributed by atoms with Crippen molar-refractivity contribution in [3.05, 3.63) is 65.7 Å². The molecule has 0 aliphatic rings. The molecule has 7 nitrogen and oxygen atoms in total. The first kappa shape index (κ1) is 18.2. The quantitative estimate of drug-likeness (QED) is 0.692. The lowest BCUT2D eigenvalue weighted by Crippen LogP contribution is -2.14. The van der Waals surface area contributed by atoms with Gasteiger partial charge >= 0.3 is 0 Å². The largest absolute Gasteiger partial charge is 0.497 e. The first-order valence-electron chi connectivity index (χ1n) is 8.30. The molecule has 138 valence electrons. The number of hydrogen-bond donors (Lipinski definition) is 2. The van der Waals surface area contributed by atoms with E-state index >= 15 is 0 Å². The number of para-hydroxylation sites is 1. The molecule has 1 heterocycles. The summed E-state index contributed by atoms with van der Waals surface area (Å²) in [7, 11) is 3.06. The van der Waals surface area contributed by atoms with Gasteiger partial charge in [0.25, 0.3) is 5.91 Å². The number of aromatic nitrogens is 2. The van der Waals surface area contributed by atoms with Crippen LogP contribution in [0.25, 0.3) is 0 Å². The molecule has 2 aromatic carbocycles. The van der Waals surface area contributed by atoms with E-state index in [1.807, 2.05) is 31.2 Å². The minimum absolute atomic E-state index is 0.332. The Morgan fingerprint density at radius 1 is 0.889 bits per heavy atom. The summed E-state index contributed by atoms with van der Waals surface area (Å²) in [4.78, 5) is 12.5. The van der Waals surface area contributed by atoms with Crippen molar-refractivity contribution >= 4 is 23.2 Å². The zero-order valence-electron chi connectivity index (χ0n) is 15.3. The number of aryl methyl sites for hydroxylation is 1. The summed E-state index contributed by atoms with van der Waals surface area (Å²) in [6.45, 7) is 2.01. The van der Waals surface area contributed by atoms with Gasteiger partial charge in [0, 0.05) is 17.3 Å². The molecule has 3 aromatic rings. The number of carbonyl (C=O) groups excluding carboxylic acids is 1. The van der Waals surface area contributed by atoms with Gasteiger partial charge < -0.3 is 20.1 Å². The van der Waals surface area contributed by atoms with Crippen LogP contribution < -0.4 is 20.1 Å². The number of rotatable bonds is 6. The lowest BCUT2D eigenvalue weighted by atomic mass is 10.2. The molecule has 0 saturated carbocycles. The normalized spacial score (nSPS) is 10.2. The van der Waals surface area contributed by atoms with E-state index in [1.54, 1.807) is 30.3 Å². The van der Waals surface area contributed by atoms with Gasteiger partial charge in [-0.3, -0.25) is 4.79 Å². The van der Waals surface area contributed by atoms with Crippen LogP contribution in [0, 0.1) is 6.92 Å². The van der Waals surface area contributed by atoms with Crippen LogP contribution in [0.3, 0.4) is 0 Å². The van der Waals surface area contributed by atoms with Gasteiger partial charge in [-0.15, -0.1) is 10.2 Å². The van der Waals surface area contributed by atoms with Crippen LogP contribution in [0.4, 0.5) is 17.3 Å². The molecule has 2 N–H and O–H groups in total. The van der Waals surface area contributed by atoms with Gasteiger partial charge in [-0.2, -0.15) is 0 Å². The van der Waals surface area contributed by atoms with Crippen molar-refractivity contribution in [2.45, 2.75) is 6.92 Å². The number of amides is 1. The minimum Gasteiger partial charge on any atom is -0.497 e. The van der Waals surface area contributed by atoms with E-state index in [1.165, 1.54) is 14.2 Å². The maximum absolute atomic E-state index is 12.5. The first-order chi connectivity index (χ1) is 13.1. The van der Waals surface area contributed by atoms with E-state index in [0.29, 0.717) is 28.7 Å². The molecule has 0 atom stereocenters. The molecular formula is C20H20N4O3. The van der Waals surface area contributed by atoms with Crippen LogP contribution >= 0.6 is 0 Å². The van der Waals surface area contributed by atoms with Crippen LogP contribution in [0.15, 0.2) is 54.6 Å². The van der Waals surface area contributed by atoms with E-state index < -0.39 is 0 Å². The zero-order chi connectivity index (χ0) is 19.2. The fraction of sp³-hybridized carbons (Fsp3) is 0.150. The summed E-state index contributed by atoms with van der Waals surface area (Å²) in [6.07, 6.45) is 0. The second-order valence-corrected chi connectivity index (χ2v) is 5.80. The highest BCUT2D eigenvalue weighted by Crippen LogP contribution is 2.23. The highest BCUT2D eigenvalue weighted by atomic mass is 16.5. The van der Waals surface area contributed by atoms with Crippen molar-refractivity contribution in [1.29, 1.82) is 0 Å². The lowest BCUT2D eigenvalue weighted by molar-refractivity contribution is 0.102. The molecule has 1 amide bonds. The molecule has 0 spiro atoms. The van der Waals surface area contributed by atoms with Crippen LogP contribution in [0.1, 0.15) is 15.9 Å². The minimum atomic E-state index is -0.332. The average Bonchev–Trinajstić information content (AvgIpc) is 2.70. The van der Waals surface area contributed by atoms with Crippen molar-refractivity contribution in [2.75, 3.05) is 24.9 Å². The molecule has 0 unspecified atom stereocenters. The number of nitrogens with one attached hydrogen (secondary N) is 2. The maximum Gasteiger partial charge on any atom is 0.257 e. The average molecular weight is 364 g/mol. The lowest BCUT2D eigenvalue weighted by Gasteiger charge is -2.10. The highest BCUT2D eigenvalue weighted by molar-refractivity contribution is 6.04. The fourth-order valence-corrected chi connectivity index (χ4v) is 2.44. The van der Waals surface area contributed by atoms with E-state index in [2.05, 4.69) is 20.8 Å². The first-order valence-corrected chi connectivity index (χ1v) is 8.30. The standard InChI is InChI=1S/C20H20N4O3/c1-13-6-4-5-7-17(13)21-18-8-9-19(24-23-18)22-20(25)14-10-15(26-2)12-16(11-14)27-3/h4-12H,1-3H3,(H,21,23)(H,22,24,25). The van der Waals surface area contributed by atoms with Crippen LogP contribution in [-0.4, -0.2) is 30.3 Å². The molecular weight excluding hydrogens is 344 g/mol. The van der Waals surface area contributed by atoms with Gasteiger partial charge in [-0.05, 0) is 42.8 Å². The van der Waals surface area contributed by atoms with Crippen molar-refractivity contribution in [3.63, 3.8) is 0 Å². The number of benzene rings is 2. The molecule has 0 aliphatic heterocycles. The third kappa shape index (κ3) is 4.52. The van der Waals surface area contributed by atoms with Crippen LogP contribution in [-0.2, 0) is 0 Å². The third-order valence-electron chi connectivity index (χ3n) is 3.93. The Hall–Kier alpha value is -3.61. The van der Waals surface area contributed by atoms with Gasteiger partial charge in [0.15, 0.2) is 11.6 Å². The van der Waals surface area contributed by atoms with E-state index in [0.717, 1.165) is 11.3 Å². The Balaban J connectivity index is 1.71. The number of ether oxygens (including phenoxy) is 2. The number of carbonyl (C=O) groups is 1. The highest BCUT2D eigenvalue weighted by Gasteiger charge is 2.11. The maximum atomic E-state index is 12.5. The predicted molar refractivity (Wildman–Crippen MR) is 104 cm³/mol. The van der Waals surface area contributed by atoms with Gasteiger partial charge in [0.2, 0.25) is 0 Å². The molecule has 0 bridgehead atoms. The van der Waals surface area contributed by atoms with E-state index in [9.17, 15) is 4.79 Å². The molecule has 0 radical (unpaired) electrons. The summed E-state index contributed by atoms with van der Waals surface area (Å²) in [5.74, 6) is 1.66. The molecule has 7 heteroatoms. The third-order valence-corrected chi connectivity index (χ3v) is 3.93. The predicted octanol–water partition coefficient (Wildman–Crippen LogP) is 3.80. The molecule has 0 fully saturated rings. The number of nitrogens with zero attached hydrogens (tertiary/aromatic N) is 2. The van der Waals surface area contributed by atoms with Gasteiger partial charge in [0.1, 0.15) is 11.5 Å². The van der Waals surface area contributed by atoms with Gasteiger partial charge in [-0.1, -0.05) is 18.2 Å². The smallest absolute Gasteiger partial charge is 0.257 e. The van der Waals surface area contributed by atoms with Crippen molar-refractivity contribution < 1.29 is 14.3 Å². The SMILES string of the molecule is COc1cc(OC)cc(C(=O)Nc2ccc(Nc3ccccc3C)nn2)c1. The topological polar surface area (TPSA) is 85.4 Å². The van der Waals surface area contributed by atoms with Crippen LogP contribution in [0.2, 0.25) is 0 Å².